The molecule has 1 aliphatic heterocycles. The molecule has 2 amide bonds. The first-order valence-corrected chi connectivity index (χ1v) is 12.4. The minimum absolute atomic E-state index is 0.0280. The van der Waals surface area contributed by atoms with Crippen molar-refractivity contribution in [2.24, 2.45) is 11.8 Å². The molecule has 2 fully saturated rings. The maximum absolute atomic E-state index is 13.6. The third kappa shape index (κ3) is 4.17. The summed E-state index contributed by atoms with van der Waals surface area (Å²) in [5.74, 6) is 0.711. The Labute approximate surface area is 201 Å². The van der Waals surface area contributed by atoms with Gasteiger partial charge in [0, 0.05) is 24.7 Å². The number of rotatable bonds is 6. The molecule has 0 spiro atoms. The summed E-state index contributed by atoms with van der Waals surface area (Å²) in [7, 11) is 0. The van der Waals surface area contributed by atoms with E-state index in [1.807, 2.05) is 49.9 Å². The predicted octanol–water partition coefficient (Wildman–Crippen LogP) is 4.19. The standard InChI is InChI=1S/C24H26ClN5O2S/c1-4-30-19(8-13(2)28-30)23(31)26-11-20-18-10-16(18)12-29(20)24(32)21-22(33-14(3)27-21)15-6-5-7-17(25)9-15/h5-9,16,18,20H,4,10-12H2,1-3H3,(H,26,31)/t16-,18-,20-/m1/s1. The number of nitrogens with zero attached hydrogens (tertiary/aromatic N) is 4. The van der Waals surface area contributed by atoms with E-state index < -0.39 is 0 Å². The molecule has 1 saturated heterocycles. The molecule has 0 bridgehead atoms. The number of aryl methyl sites for hydroxylation is 3. The number of hydrogen-bond donors (Lipinski definition) is 1. The summed E-state index contributed by atoms with van der Waals surface area (Å²) in [6, 6.07) is 9.29. The maximum atomic E-state index is 13.6. The summed E-state index contributed by atoms with van der Waals surface area (Å²) < 4.78 is 1.71. The van der Waals surface area contributed by atoms with E-state index in [2.05, 4.69) is 15.4 Å². The van der Waals surface area contributed by atoms with Gasteiger partial charge in [-0.2, -0.15) is 5.10 Å². The molecular formula is C24H26ClN5O2S. The smallest absolute Gasteiger partial charge is 0.274 e. The van der Waals surface area contributed by atoms with Crippen LogP contribution in [0.15, 0.2) is 30.3 Å². The summed E-state index contributed by atoms with van der Waals surface area (Å²) in [6.45, 7) is 7.51. The maximum Gasteiger partial charge on any atom is 0.274 e. The molecule has 2 aliphatic rings. The van der Waals surface area contributed by atoms with Gasteiger partial charge in [-0.05, 0) is 62.8 Å². The van der Waals surface area contributed by atoms with Gasteiger partial charge in [0.2, 0.25) is 0 Å². The average Bonchev–Trinajstić information content (AvgIpc) is 3.11. The number of halogens is 1. The lowest BCUT2D eigenvalue weighted by atomic mass is 10.1. The van der Waals surface area contributed by atoms with E-state index in [-0.39, 0.29) is 17.9 Å². The Morgan fingerprint density at radius 2 is 2.09 bits per heavy atom. The van der Waals surface area contributed by atoms with Crippen molar-refractivity contribution in [2.75, 3.05) is 13.1 Å². The highest BCUT2D eigenvalue weighted by Crippen LogP contribution is 2.50. The summed E-state index contributed by atoms with van der Waals surface area (Å²) in [6.07, 6.45) is 1.10. The zero-order chi connectivity index (χ0) is 23.3. The van der Waals surface area contributed by atoms with Crippen LogP contribution in [0.4, 0.5) is 0 Å². The lowest BCUT2D eigenvalue weighted by molar-refractivity contribution is 0.0690. The quantitative estimate of drug-likeness (QED) is 0.570. The van der Waals surface area contributed by atoms with Crippen molar-refractivity contribution in [3.63, 3.8) is 0 Å². The van der Waals surface area contributed by atoms with Crippen LogP contribution in [-0.4, -0.2) is 50.6 Å². The fourth-order valence-electron chi connectivity index (χ4n) is 4.86. The molecule has 5 rings (SSSR count). The first-order valence-electron chi connectivity index (χ1n) is 11.2. The molecule has 7 nitrogen and oxygen atoms in total. The number of thiazole rings is 1. The Morgan fingerprint density at radius 3 is 2.85 bits per heavy atom. The van der Waals surface area contributed by atoms with Crippen LogP contribution in [0.25, 0.3) is 10.4 Å². The Kier molecular flexibility index (Phi) is 5.74. The molecule has 1 aliphatic carbocycles. The lowest BCUT2D eigenvalue weighted by Crippen LogP contribution is -2.46. The van der Waals surface area contributed by atoms with Gasteiger partial charge in [-0.15, -0.1) is 11.3 Å². The number of benzene rings is 1. The average molecular weight is 484 g/mol. The van der Waals surface area contributed by atoms with Crippen LogP contribution in [0, 0.1) is 25.7 Å². The van der Waals surface area contributed by atoms with Crippen molar-refractivity contribution in [3.8, 4) is 10.4 Å². The highest BCUT2D eigenvalue weighted by Gasteiger charge is 2.54. The van der Waals surface area contributed by atoms with Gasteiger partial charge in [0.1, 0.15) is 11.4 Å². The van der Waals surface area contributed by atoms with Gasteiger partial charge in [-0.25, -0.2) is 4.98 Å². The van der Waals surface area contributed by atoms with Gasteiger partial charge in [-0.3, -0.25) is 14.3 Å². The molecule has 0 radical (unpaired) electrons. The zero-order valence-corrected chi connectivity index (χ0v) is 20.4. The van der Waals surface area contributed by atoms with Gasteiger partial charge in [0.05, 0.1) is 21.6 Å². The van der Waals surface area contributed by atoms with Crippen LogP contribution in [-0.2, 0) is 6.54 Å². The zero-order valence-electron chi connectivity index (χ0n) is 18.8. The number of nitrogens with one attached hydrogen (secondary N) is 1. The molecule has 3 heterocycles. The molecule has 3 aromatic rings. The third-order valence-corrected chi connectivity index (χ3v) is 7.75. The van der Waals surface area contributed by atoms with Crippen molar-refractivity contribution in [1.82, 2.24) is 25.0 Å². The number of fused-ring (bicyclic) bond motifs is 1. The van der Waals surface area contributed by atoms with E-state index >= 15 is 0 Å². The lowest BCUT2D eigenvalue weighted by Gasteiger charge is -2.27. The minimum Gasteiger partial charge on any atom is -0.349 e. The van der Waals surface area contributed by atoms with Gasteiger partial charge in [-0.1, -0.05) is 23.7 Å². The second-order valence-corrected chi connectivity index (χ2v) is 10.4. The van der Waals surface area contributed by atoms with E-state index in [0.29, 0.717) is 47.9 Å². The predicted molar refractivity (Wildman–Crippen MR) is 129 cm³/mol. The molecule has 33 heavy (non-hydrogen) atoms. The number of hydrogen-bond acceptors (Lipinski definition) is 5. The second-order valence-electron chi connectivity index (χ2n) is 8.80. The van der Waals surface area contributed by atoms with Crippen molar-refractivity contribution in [2.45, 2.75) is 39.8 Å². The molecule has 0 unspecified atom stereocenters. The van der Waals surface area contributed by atoms with Gasteiger partial charge in [0.15, 0.2) is 0 Å². The van der Waals surface area contributed by atoms with E-state index in [0.717, 1.165) is 27.6 Å². The SMILES string of the molecule is CCn1nc(C)cc1C(=O)NC[C@@H]1[C@@H]2C[C@@H]2CN1C(=O)c1nc(C)sc1-c1cccc(Cl)c1. The van der Waals surface area contributed by atoms with Crippen LogP contribution < -0.4 is 5.32 Å². The van der Waals surface area contributed by atoms with Crippen LogP contribution in [0.3, 0.4) is 0 Å². The molecule has 172 valence electrons. The third-order valence-electron chi connectivity index (χ3n) is 6.49. The Balaban J connectivity index is 1.36. The van der Waals surface area contributed by atoms with Crippen molar-refractivity contribution >= 4 is 34.8 Å². The number of amides is 2. The largest absolute Gasteiger partial charge is 0.349 e. The fraction of sp³-hybridized carbons (Fsp3) is 0.417. The number of aromatic nitrogens is 3. The molecule has 1 aromatic carbocycles. The fourth-order valence-corrected chi connectivity index (χ4v) is 5.95. The molecular weight excluding hydrogens is 458 g/mol. The molecule has 3 atom stereocenters. The minimum atomic E-state index is -0.155. The second kappa shape index (κ2) is 8.57. The van der Waals surface area contributed by atoms with E-state index in [9.17, 15) is 9.59 Å². The normalized spacial score (nSPS) is 21.2. The summed E-state index contributed by atoms with van der Waals surface area (Å²) in [5.41, 5.74) is 2.73. The van der Waals surface area contributed by atoms with Gasteiger partial charge < -0.3 is 10.2 Å². The summed E-state index contributed by atoms with van der Waals surface area (Å²) in [4.78, 5) is 33.8. The monoisotopic (exact) mass is 483 g/mol. The van der Waals surface area contributed by atoms with Crippen LogP contribution in [0.1, 0.15) is 45.0 Å². The summed E-state index contributed by atoms with van der Waals surface area (Å²) in [5, 5.41) is 8.88. The molecule has 9 heteroatoms. The molecule has 1 N–H and O–H groups in total. The van der Waals surface area contributed by atoms with Crippen molar-refractivity contribution in [1.29, 1.82) is 0 Å². The summed E-state index contributed by atoms with van der Waals surface area (Å²) >= 11 is 7.70. The van der Waals surface area contributed by atoms with Crippen molar-refractivity contribution in [3.05, 3.63) is 57.4 Å². The highest BCUT2D eigenvalue weighted by molar-refractivity contribution is 7.15. The van der Waals surface area contributed by atoms with E-state index in [1.165, 1.54) is 11.3 Å². The molecule has 1 saturated carbocycles. The number of carbonyl (C=O) groups is 2. The first-order chi connectivity index (χ1) is 15.9. The first kappa shape index (κ1) is 22.1. The van der Waals surface area contributed by atoms with Gasteiger partial charge in [0.25, 0.3) is 11.8 Å². The van der Waals surface area contributed by atoms with Crippen LogP contribution in [0.2, 0.25) is 5.02 Å². The Bertz CT molecular complexity index is 1240. The number of piperidine rings is 1. The van der Waals surface area contributed by atoms with Crippen molar-refractivity contribution < 1.29 is 9.59 Å². The van der Waals surface area contributed by atoms with Crippen LogP contribution >= 0.6 is 22.9 Å². The molecule has 2 aromatic heterocycles. The Morgan fingerprint density at radius 1 is 1.27 bits per heavy atom. The topological polar surface area (TPSA) is 80.1 Å². The number of carbonyl (C=O) groups excluding carboxylic acids is 2. The highest BCUT2D eigenvalue weighted by atomic mass is 35.5. The number of likely N-dealkylation sites (tertiary alicyclic amines) is 1. The van der Waals surface area contributed by atoms with E-state index in [4.69, 9.17) is 11.6 Å². The van der Waals surface area contributed by atoms with E-state index in [1.54, 1.807) is 10.7 Å². The Hall–Kier alpha value is -2.71. The van der Waals surface area contributed by atoms with Crippen LogP contribution in [0.5, 0.6) is 0 Å². The van der Waals surface area contributed by atoms with Gasteiger partial charge >= 0.3 is 0 Å².